The van der Waals surface area contributed by atoms with Gasteiger partial charge in [-0.15, -0.1) is 0 Å². The lowest BCUT2D eigenvalue weighted by Gasteiger charge is -2.42. The summed E-state index contributed by atoms with van der Waals surface area (Å²) in [6, 6.07) is 19.6. The summed E-state index contributed by atoms with van der Waals surface area (Å²) in [6.07, 6.45) is 6.08. The number of anilines is 1. The van der Waals surface area contributed by atoms with Crippen molar-refractivity contribution in [2.24, 2.45) is 0 Å². The molecule has 1 aromatic heterocycles. The lowest BCUT2D eigenvalue weighted by Crippen LogP contribution is -2.51. The number of benzene rings is 2. The van der Waals surface area contributed by atoms with Crippen LogP contribution in [0.3, 0.4) is 0 Å². The molecule has 1 unspecified atom stereocenters. The Kier molecular flexibility index (Phi) is 4.68. The normalized spacial score (nSPS) is 20.0. The highest BCUT2D eigenvalue weighted by molar-refractivity contribution is 5.45. The highest BCUT2D eigenvalue weighted by Gasteiger charge is 2.38. The van der Waals surface area contributed by atoms with E-state index in [0.29, 0.717) is 17.9 Å². The summed E-state index contributed by atoms with van der Waals surface area (Å²) < 4.78 is 1.72. The van der Waals surface area contributed by atoms with Crippen LogP contribution in [0.15, 0.2) is 71.8 Å². The zero-order valence-corrected chi connectivity index (χ0v) is 16.7. The van der Waals surface area contributed by atoms with E-state index in [4.69, 9.17) is 0 Å². The van der Waals surface area contributed by atoms with Crippen molar-refractivity contribution in [3.63, 3.8) is 0 Å². The van der Waals surface area contributed by atoms with Crippen LogP contribution in [0, 0.1) is 6.92 Å². The van der Waals surface area contributed by atoms with Gasteiger partial charge in [-0.2, -0.15) is 0 Å². The molecule has 2 heterocycles. The highest BCUT2D eigenvalue weighted by Crippen LogP contribution is 2.37. The molecule has 2 fully saturated rings. The van der Waals surface area contributed by atoms with E-state index in [1.807, 2.05) is 31.2 Å². The Morgan fingerprint density at radius 3 is 2.48 bits per heavy atom. The van der Waals surface area contributed by atoms with Crippen LogP contribution >= 0.6 is 0 Å². The monoisotopic (exact) mass is 386 g/mol. The Hall–Kier alpha value is -2.92. The van der Waals surface area contributed by atoms with E-state index < -0.39 is 0 Å². The van der Waals surface area contributed by atoms with Gasteiger partial charge in [0, 0.05) is 38.1 Å². The third-order valence-electron chi connectivity index (χ3n) is 6.12. The average Bonchev–Trinajstić information content (AvgIpc) is 3.60. The van der Waals surface area contributed by atoms with Crippen molar-refractivity contribution < 1.29 is 0 Å². The van der Waals surface area contributed by atoms with E-state index in [-0.39, 0.29) is 5.56 Å². The first-order chi connectivity index (χ1) is 14.2. The van der Waals surface area contributed by atoms with E-state index in [1.54, 1.807) is 17.0 Å². The van der Waals surface area contributed by atoms with E-state index in [2.05, 4.69) is 45.1 Å². The molecule has 148 valence electrons. The maximum atomic E-state index is 13.3. The van der Waals surface area contributed by atoms with Crippen LogP contribution in [0.5, 0.6) is 0 Å². The van der Waals surface area contributed by atoms with Crippen molar-refractivity contribution in [1.82, 2.24) is 14.5 Å². The number of aryl methyl sites for hydroxylation is 1. The van der Waals surface area contributed by atoms with Crippen molar-refractivity contribution in [3.8, 4) is 5.69 Å². The average molecular weight is 386 g/mol. The van der Waals surface area contributed by atoms with Gasteiger partial charge in [0.1, 0.15) is 0 Å². The summed E-state index contributed by atoms with van der Waals surface area (Å²) in [5, 5.41) is 0. The fourth-order valence-electron chi connectivity index (χ4n) is 4.45. The van der Waals surface area contributed by atoms with Crippen LogP contribution in [-0.2, 0) is 0 Å². The number of rotatable bonds is 4. The largest absolute Gasteiger partial charge is 0.349 e. The van der Waals surface area contributed by atoms with E-state index in [1.165, 1.54) is 18.4 Å². The molecular formula is C24H26N4O. The first-order valence-electron chi connectivity index (χ1n) is 10.4. The van der Waals surface area contributed by atoms with Gasteiger partial charge in [0.15, 0.2) is 5.82 Å². The lowest BCUT2D eigenvalue weighted by molar-refractivity contribution is 0.167. The van der Waals surface area contributed by atoms with Gasteiger partial charge in [-0.1, -0.05) is 48.5 Å². The van der Waals surface area contributed by atoms with Crippen LogP contribution in [-0.4, -0.2) is 40.1 Å². The number of hydrogen-bond donors (Lipinski definition) is 0. The minimum absolute atomic E-state index is 0.0477. The van der Waals surface area contributed by atoms with Crippen LogP contribution < -0.4 is 10.5 Å². The number of para-hydroxylation sites is 1. The van der Waals surface area contributed by atoms with Gasteiger partial charge in [-0.05, 0) is 37.0 Å². The lowest BCUT2D eigenvalue weighted by atomic mass is 10.0. The highest BCUT2D eigenvalue weighted by atomic mass is 16.1. The van der Waals surface area contributed by atoms with Crippen LogP contribution in [0.4, 0.5) is 5.82 Å². The number of hydrogen-bond acceptors (Lipinski definition) is 4. The Morgan fingerprint density at radius 1 is 0.966 bits per heavy atom. The van der Waals surface area contributed by atoms with Gasteiger partial charge in [-0.3, -0.25) is 14.3 Å². The van der Waals surface area contributed by atoms with E-state index in [9.17, 15) is 4.79 Å². The van der Waals surface area contributed by atoms with Crippen molar-refractivity contribution in [2.75, 3.05) is 24.5 Å². The summed E-state index contributed by atoms with van der Waals surface area (Å²) in [7, 11) is 0. The molecular weight excluding hydrogens is 360 g/mol. The molecule has 5 rings (SSSR count). The molecule has 1 atom stereocenters. The smallest absolute Gasteiger partial charge is 0.298 e. The fourth-order valence-corrected chi connectivity index (χ4v) is 4.45. The third-order valence-corrected chi connectivity index (χ3v) is 6.12. The van der Waals surface area contributed by atoms with Gasteiger partial charge in [0.05, 0.1) is 11.7 Å². The van der Waals surface area contributed by atoms with Crippen LogP contribution in [0.1, 0.15) is 30.0 Å². The second kappa shape index (κ2) is 7.48. The predicted octanol–water partition coefficient (Wildman–Crippen LogP) is 3.57. The summed E-state index contributed by atoms with van der Waals surface area (Å²) in [5.41, 5.74) is 3.26. The standard InChI is InChI=1S/C24H26N4O/c1-18-7-5-6-10-21(18)28-14-13-25-23(24(28)29)26-15-16-27(20-11-12-20)22(17-26)19-8-3-2-4-9-19/h2-10,13-14,20,22H,11-12,15-17H2,1H3. The SMILES string of the molecule is Cc1ccccc1-n1ccnc(N2CCN(C3CC3)C(c3ccccc3)C2)c1=O. The van der Waals surface area contributed by atoms with Crippen LogP contribution in [0.2, 0.25) is 0 Å². The molecule has 5 nitrogen and oxygen atoms in total. The fraction of sp³-hybridized carbons (Fsp3) is 0.333. The molecule has 3 aromatic rings. The molecule has 29 heavy (non-hydrogen) atoms. The maximum Gasteiger partial charge on any atom is 0.298 e. The summed E-state index contributed by atoms with van der Waals surface area (Å²) >= 11 is 0. The molecule has 0 spiro atoms. The summed E-state index contributed by atoms with van der Waals surface area (Å²) in [4.78, 5) is 22.6. The zero-order valence-electron chi connectivity index (χ0n) is 16.7. The molecule has 2 aliphatic rings. The van der Waals surface area contributed by atoms with Gasteiger partial charge < -0.3 is 4.90 Å². The van der Waals surface area contributed by atoms with Gasteiger partial charge in [-0.25, -0.2) is 4.98 Å². The topological polar surface area (TPSA) is 41.4 Å². The van der Waals surface area contributed by atoms with Crippen LogP contribution in [0.25, 0.3) is 5.69 Å². The van der Waals surface area contributed by atoms with Crippen molar-refractivity contribution in [2.45, 2.75) is 31.8 Å². The van der Waals surface area contributed by atoms with E-state index in [0.717, 1.165) is 30.9 Å². The van der Waals surface area contributed by atoms with Gasteiger partial charge in [0.2, 0.25) is 0 Å². The zero-order chi connectivity index (χ0) is 19.8. The predicted molar refractivity (Wildman–Crippen MR) is 116 cm³/mol. The molecule has 0 amide bonds. The molecule has 2 aromatic carbocycles. The van der Waals surface area contributed by atoms with E-state index >= 15 is 0 Å². The maximum absolute atomic E-state index is 13.3. The van der Waals surface area contributed by atoms with Gasteiger partial charge in [0.25, 0.3) is 5.56 Å². The summed E-state index contributed by atoms with van der Waals surface area (Å²) in [6.45, 7) is 4.62. The van der Waals surface area contributed by atoms with Crippen molar-refractivity contribution in [3.05, 3.63) is 88.5 Å². The minimum atomic E-state index is -0.0477. The Balaban J connectivity index is 1.49. The molecule has 1 saturated heterocycles. The Morgan fingerprint density at radius 2 is 1.72 bits per heavy atom. The Bertz CT molecular complexity index is 1060. The Labute approximate surface area is 171 Å². The summed E-state index contributed by atoms with van der Waals surface area (Å²) in [5.74, 6) is 0.548. The molecule has 5 heteroatoms. The molecule has 1 saturated carbocycles. The molecule has 0 radical (unpaired) electrons. The quantitative estimate of drug-likeness (QED) is 0.687. The number of piperazine rings is 1. The van der Waals surface area contributed by atoms with Crippen molar-refractivity contribution in [1.29, 1.82) is 0 Å². The second-order valence-corrected chi connectivity index (χ2v) is 8.05. The minimum Gasteiger partial charge on any atom is -0.349 e. The molecule has 1 aliphatic heterocycles. The van der Waals surface area contributed by atoms with Crippen molar-refractivity contribution >= 4 is 5.82 Å². The first-order valence-corrected chi connectivity index (χ1v) is 10.4. The third kappa shape index (κ3) is 3.47. The van der Waals surface area contributed by atoms with Gasteiger partial charge >= 0.3 is 0 Å². The number of aromatic nitrogens is 2. The molecule has 1 aliphatic carbocycles. The first kappa shape index (κ1) is 18.1. The molecule has 0 N–H and O–H groups in total. The second-order valence-electron chi connectivity index (χ2n) is 8.05. The molecule has 0 bridgehead atoms. The number of nitrogens with zero attached hydrogens (tertiary/aromatic N) is 4.